The van der Waals surface area contributed by atoms with E-state index in [2.05, 4.69) is 17.2 Å². The Bertz CT molecular complexity index is 158. The molecule has 1 fully saturated rings. The number of ether oxygens (including phenoxy) is 1. The topological polar surface area (TPSA) is 34.0 Å². The molecule has 2 heterocycles. The van der Waals surface area contributed by atoms with Gasteiger partial charge < -0.3 is 4.74 Å². The van der Waals surface area contributed by atoms with Crippen LogP contribution in [0.5, 0.6) is 0 Å². The summed E-state index contributed by atoms with van der Waals surface area (Å²) in [5.74, 6) is 0.578. The molecule has 0 radical (unpaired) electrons. The van der Waals surface area contributed by atoms with Crippen LogP contribution in [0.1, 0.15) is 13.3 Å². The monoisotopic (exact) mass is 140 g/mol. The van der Waals surface area contributed by atoms with Gasteiger partial charge in [-0.15, -0.1) is 0 Å². The zero-order valence-corrected chi connectivity index (χ0v) is 6.16. The smallest absolute Gasteiger partial charge is 0.0801 e. The Morgan fingerprint density at radius 3 is 3.10 bits per heavy atom. The van der Waals surface area contributed by atoms with Crippen LogP contribution >= 0.6 is 0 Å². The predicted octanol–water partition coefficient (Wildman–Crippen LogP) is 1.25. The molecule has 2 aliphatic rings. The third kappa shape index (κ3) is 0.850. The lowest BCUT2D eigenvalue weighted by atomic mass is 9.92. The van der Waals surface area contributed by atoms with Crippen molar-refractivity contribution in [1.82, 2.24) is 0 Å². The highest BCUT2D eigenvalue weighted by atomic mass is 16.5. The summed E-state index contributed by atoms with van der Waals surface area (Å²) in [4.78, 5) is 0. The van der Waals surface area contributed by atoms with Gasteiger partial charge in [0.15, 0.2) is 0 Å². The van der Waals surface area contributed by atoms with Gasteiger partial charge in [0, 0.05) is 12.5 Å². The van der Waals surface area contributed by atoms with Crippen LogP contribution in [0.25, 0.3) is 0 Å². The van der Waals surface area contributed by atoms with Crippen LogP contribution in [0.3, 0.4) is 0 Å². The van der Waals surface area contributed by atoms with Crippen LogP contribution in [-0.4, -0.2) is 25.3 Å². The Balaban J connectivity index is 2.07. The summed E-state index contributed by atoms with van der Waals surface area (Å²) in [6, 6.07) is 0.869. The normalized spacial score (nSPS) is 45.5. The zero-order valence-electron chi connectivity index (χ0n) is 6.16. The van der Waals surface area contributed by atoms with Crippen LogP contribution < -0.4 is 0 Å². The molecule has 3 nitrogen and oxygen atoms in total. The summed E-state index contributed by atoms with van der Waals surface area (Å²) < 4.78 is 5.33. The first-order valence-corrected chi connectivity index (χ1v) is 3.85. The first-order chi connectivity index (χ1) is 4.88. The van der Waals surface area contributed by atoms with Gasteiger partial charge in [0.25, 0.3) is 0 Å². The van der Waals surface area contributed by atoms with E-state index in [1.807, 2.05) is 0 Å². The van der Waals surface area contributed by atoms with Crippen molar-refractivity contribution in [2.24, 2.45) is 16.1 Å². The molecule has 0 N–H and O–H groups in total. The van der Waals surface area contributed by atoms with Crippen LogP contribution in [0.4, 0.5) is 0 Å². The molecule has 0 bridgehead atoms. The maximum atomic E-state index is 5.33. The second kappa shape index (κ2) is 2.31. The van der Waals surface area contributed by atoms with Crippen molar-refractivity contribution in [2.45, 2.75) is 25.4 Å². The fourth-order valence-corrected chi connectivity index (χ4v) is 1.63. The Hall–Kier alpha value is -0.440. The molecule has 0 spiro atoms. The van der Waals surface area contributed by atoms with Crippen molar-refractivity contribution in [2.75, 3.05) is 13.2 Å². The second-order valence-electron chi connectivity index (χ2n) is 3.07. The molecule has 0 amide bonds. The number of fused-ring (bicyclic) bond motifs is 1. The average Bonchev–Trinajstić information content (AvgIpc) is 2.34. The summed E-state index contributed by atoms with van der Waals surface area (Å²) in [5.41, 5.74) is 0. The minimum Gasteiger partial charge on any atom is -0.381 e. The minimum atomic E-state index is 0.394. The highest BCUT2D eigenvalue weighted by Gasteiger charge is 2.34. The van der Waals surface area contributed by atoms with Gasteiger partial charge in [0.1, 0.15) is 0 Å². The molecule has 1 saturated heterocycles. The molecule has 2 rings (SSSR count). The standard InChI is InChI=1S/C7H12N2O/c1-5-6-4-10-3-2-7(6)9-8-5/h5-7H,2-4H2,1H3. The van der Waals surface area contributed by atoms with E-state index in [-0.39, 0.29) is 0 Å². The summed E-state index contributed by atoms with van der Waals surface area (Å²) in [7, 11) is 0. The SMILES string of the molecule is CC1N=NC2CCOCC12. The summed E-state index contributed by atoms with van der Waals surface area (Å²) in [6.07, 6.45) is 1.07. The second-order valence-corrected chi connectivity index (χ2v) is 3.07. The van der Waals surface area contributed by atoms with E-state index in [0.717, 1.165) is 19.6 Å². The van der Waals surface area contributed by atoms with Gasteiger partial charge >= 0.3 is 0 Å². The van der Waals surface area contributed by atoms with E-state index in [0.29, 0.717) is 18.0 Å². The Morgan fingerprint density at radius 2 is 2.30 bits per heavy atom. The highest BCUT2D eigenvalue weighted by Crippen LogP contribution is 2.28. The lowest BCUT2D eigenvalue weighted by Gasteiger charge is -2.24. The molecule has 0 aromatic carbocycles. The van der Waals surface area contributed by atoms with E-state index >= 15 is 0 Å². The van der Waals surface area contributed by atoms with Crippen molar-refractivity contribution in [1.29, 1.82) is 0 Å². The molecule has 3 unspecified atom stereocenters. The van der Waals surface area contributed by atoms with Gasteiger partial charge in [-0.05, 0) is 13.3 Å². The van der Waals surface area contributed by atoms with Crippen LogP contribution in [0.2, 0.25) is 0 Å². The van der Waals surface area contributed by atoms with E-state index in [4.69, 9.17) is 4.74 Å². The molecular weight excluding hydrogens is 128 g/mol. The summed E-state index contributed by atoms with van der Waals surface area (Å²) in [6.45, 7) is 3.84. The van der Waals surface area contributed by atoms with E-state index in [9.17, 15) is 0 Å². The van der Waals surface area contributed by atoms with Crippen LogP contribution in [0, 0.1) is 5.92 Å². The van der Waals surface area contributed by atoms with Crippen LogP contribution in [-0.2, 0) is 4.74 Å². The van der Waals surface area contributed by atoms with Gasteiger partial charge in [-0.25, -0.2) is 0 Å². The number of rotatable bonds is 0. The van der Waals surface area contributed by atoms with Crippen molar-refractivity contribution < 1.29 is 4.74 Å². The number of nitrogens with zero attached hydrogens (tertiary/aromatic N) is 2. The van der Waals surface area contributed by atoms with Gasteiger partial charge in [-0.3, -0.25) is 0 Å². The third-order valence-electron chi connectivity index (χ3n) is 2.38. The molecule has 56 valence electrons. The molecule has 0 aromatic rings. The Kier molecular flexibility index (Phi) is 1.45. The van der Waals surface area contributed by atoms with Crippen molar-refractivity contribution in [3.63, 3.8) is 0 Å². The van der Waals surface area contributed by atoms with Gasteiger partial charge in [0.2, 0.25) is 0 Å². The average molecular weight is 140 g/mol. The van der Waals surface area contributed by atoms with Crippen molar-refractivity contribution >= 4 is 0 Å². The van der Waals surface area contributed by atoms with Gasteiger partial charge in [0.05, 0.1) is 18.7 Å². The first-order valence-electron chi connectivity index (χ1n) is 3.85. The van der Waals surface area contributed by atoms with E-state index in [1.165, 1.54) is 0 Å². The highest BCUT2D eigenvalue weighted by molar-refractivity contribution is 4.89. The largest absolute Gasteiger partial charge is 0.381 e. The lowest BCUT2D eigenvalue weighted by molar-refractivity contribution is 0.0451. The number of hydrogen-bond donors (Lipinski definition) is 0. The molecular formula is C7H12N2O. The summed E-state index contributed by atoms with van der Waals surface area (Å²) >= 11 is 0. The molecule has 0 aliphatic carbocycles. The molecule has 10 heavy (non-hydrogen) atoms. The molecule has 0 aromatic heterocycles. The Morgan fingerprint density at radius 1 is 1.40 bits per heavy atom. The third-order valence-corrected chi connectivity index (χ3v) is 2.38. The number of hydrogen-bond acceptors (Lipinski definition) is 3. The molecule has 3 atom stereocenters. The fourth-order valence-electron chi connectivity index (χ4n) is 1.63. The molecule has 0 saturated carbocycles. The zero-order chi connectivity index (χ0) is 6.97. The first kappa shape index (κ1) is 6.28. The lowest BCUT2D eigenvalue weighted by Crippen LogP contribution is -2.32. The van der Waals surface area contributed by atoms with Crippen LogP contribution in [0.15, 0.2) is 10.2 Å². The maximum Gasteiger partial charge on any atom is 0.0801 e. The van der Waals surface area contributed by atoms with Gasteiger partial charge in [-0.2, -0.15) is 10.2 Å². The Labute approximate surface area is 60.5 Å². The minimum absolute atomic E-state index is 0.394. The quantitative estimate of drug-likeness (QED) is 0.498. The number of azo groups is 1. The summed E-state index contributed by atoms with van der Waals surface area (Å²) in [5, 5.41) is 8.31. The van der Waals surface area contributed by atoms with E-state index in [1.54, 1.807) is 0 Å². The van der Waals surface area contributed by atoms with Gasteiger partial charge in [-0.1, -0.05) is 0 Å². The molecule has 3 heteroatoms. The predicted molar refractivity (Wildman–Crippen MR) is 37.0 cm³/mol. The van der Waals surface area contributed by atoms with E-state index < -0.39 is 0 Å². The van der Waals surface area contributed by atoms with Crippen molar-refractivity contribution in [3.8, 4) is 0 Å². The fraction of sp³-hybridized carbons (Fsp3) is 1.00. The maximum absolute atomic E-state index is 5.33. The molecule has 2 aliphatic heterocycles. The van der Waals surface area contributed by atoms with Crippen molar-refractivity contribution in [3.05, 3.63) is 0 Å².